The summed E-state index contributed by atoms with van der Waals surface area (Å²) in [6, 6.07) is 31.8. The Labute approximate surface area is 253 Å². The number of fused-ring (bicyclic) bond motifs is 12. The van der Waals surface area contributed by atoms with Crippen molar-refractivity contribution < 1.29 is 25.8 Å². The largest absolute Gasteiger partial charge is 2.00 e. The number of nitrogens with zero attached hydrogens (tertiary/aromatic N) is 6. The molecule has 0 radical (unpaired) electrons. The Morgan fingerprint density at radius 1 is 0.548 bits per heavy atom. The molecule has 9 rings (SSSR count). The second-order valence-corrected chi connectivity index (χ2v) is 9.89. The monoisotopic (exact) mass is 721 g/mol. The van der Waals surface area contributed by atoms with E-state index in [-0.39, 0.29) is 21.1 Å². The minimum absolute atomic E-state index is 0. The van der Waals surface area contributed by atoms with E-state index in [1.165, 1.54) is 5.56 Å². The minimum atomic E-state index is 0. The minimum Gasteiger partial charge on any atom is -0.497 e. The van der Waals surface area contributed by atoms with Gasteiger partial charge in [-0.05, 0) is 22.6 Å². The van der Waals surface area contributed by atoms with Crippen LogP contribution in [0.2, 0.25) is 0 Å². The second kappa shape index (κ2) is 9.47. The first-order valence-electron chi connectivity index (χ1n) is 13.2. The predicted molar refractivity (Wildman–Crippen MR) is 159 cm³/mol. The van der Waals surface area contributed by atoms with Gasteiger partial charge in [0.15, 0.2) is 0 Å². The van der Waals surface area contributed by atoms with Crippen LogP contribution in [0.5, 0.6) is 11.5 Å². The molecular weight excluding hydrogens is 703 g/mol. The van der Waals surface area contributed by atoms with Crippen LogP contribution in [0.25, 0.3) is 66.0 Å². The van der Waals surface area contributed by atoms with Crippen LogP contribution in [0.4, 0.5) is 0 Å². The van der Waals surface area contributed by atoms with Crippen molar-refractivity contribution in [3.8, 4) is 22.6 Å². The average Bonchev–Trinajstić information content (AvgIpc) is 3.73. The van der Waals surface area contributed by atoms with Crippen LogP contribution in [0.3, 0.4) is 0 Å². The van der Waals surface area contributed by atoms with E-state index in [4.69, 9.17) is 9.72 Å². The summed E-state index contributed by atoms with van der Waals surface area (Å²) in [7, 11) is 0. The van der Waals surface area contributed by atoms with Crippen molar-refractivity contribution in [3.05, 3.63) is 122 Å². The first-order valence-corrected chi connectivity index (χ1v) is 13.2. The van der Waals surface area contributed by atoms with Crippen LogP contribution in [-0.2, 0) is 21.1 Å². The van der Waals surface area contributed by atoms with Gasteiger partial charge in [-0.25, -0.2) is 4.98 Å². The van der Waals surface area contributed by atoms with Crippen molar-refractivity contribution in [1.29, 1.82) is 0 Å². The standard InChI is InChI=1S/C34H18N6O.Pt/c1-2-4-21(5-3-1)22-6-9-26-25-10-7-23(19-28(25)32-37-14-16-39(32)30(26)18-22)41-24-8-11-27-29(20-24)33-38-15-17-40(33)34-31(27)35-12-13-36-34;/h1-18H;/q-2;+2. The van der Waals surface area contributed by atoms with E-state index in [2.05, 4.69) is 80.0 Å². The fraction of sp³-hybridized carbons (Fsp3) is 0. The average molecular weight is 722 g/mol. The summed E-state index contributed by atoms with van der Waals surface area (Å²) in [5, 5.41) is 4.82. The number of imidazole rings is 2. The van der Waals surface area contributed by atoms with Gasteiger partial charge in [0, 0.05) is 54.2 Å². The number of rotatable bonds is 3. The smallest absolute Gasteiger partial charge is 0.497 e. The Bertz CT molecular complexity index is 2470. The molecule has 0 saturated heterocycles. The molecule has 5 aromatic heterocycles. The maximum absolute atomic E-state index is 6.33. The van der Waals surface area contributed by atoms with E-state index < -0.39 is 0 Å². The zero-order valence-corrected chi connectivity index (χ0v) is 24.1. The van der Waals surface area contributed by atoms with Gasteiger partial charge in [-0.15, -0.1) is 12.1 Å². The van der Waals surface area contributed by atoms with Crippen LogP contribution in [0, 0.1) is 12.1 Å². The number of pyridine rings is 2. The molecule has 8 heteroatoms. The molecule has 0 aliphatic carbocycles. The number of ether oxygens (including phenoxy) is 1. The molecule has 0 aliphatic heterocycles. The molecule has 0 N–H and O–H groups in total. The van der Waals surface area contributed by atoms with E-state index in [1.54, 1.807) is 18.6 Å². The summed E-state index contributed by atoms with van der Waals surface area (Å²) < 4.78 is 10.4. The molecule has 7 nitrogen and oxygen atoms in total. The fourth-order valence-corrected chi connectivity index (χ4v) is 5.77. The molecule has 0 amide bonds. The first kappa shape index (κ1) is 24.6. The predicted octanol–water partition coefficient (Wildman–Crippen LogP) is 7.44. The van der Waals surface area contributed by atoms with Gasteiger partial charge in [0.1, 0.15) is 5.65 Å². The second-order valence-electron chi connectivity index (χ2n) is 9.89. The number of hydrogen-bond donors (Lipinski definition) is 0. The third kappa shape index (κ3) is 3.64. The van der Waals surface area contributed by atoms with Gasteiger partial charge in [-0.3, -0.25) is 15.0 Å². The molecule has 4 aromatic carbocycles. The van der Waals surface area contributed by atoms with Gasteiger partial charge in [0.2, 0.25) is 0 Å². The van der Waals surface area contributed by atoms with E-state index in [9.17, 15) is 0 Å². The summed E-state index contributed by atoms with van der Waals surface area (Å²) in [4.78, 5) is 18.3. The molecule has 0 bridgehead atoms. The van der Waals surface area contributed by atoms with Gasteiger partial charge in [0.25, 0.3) is 0 Å². The number of benzene rings is 4. The van der Waals surface area contributed by atoms with Crippen LogP contribution >= 0.6 is 0 Å². The van der Waals surface area contributed by atoms with E-state index in [1.807, 2.05) is 47.3 Å². The molecule has 9 aromatic rings. The van der Waals surface area contributed by atoms with Crippen molar-refractivity contribution in [1.82, 2.24) is 28.7 Å². The van der Waals surface area contributed by atoms with Crippen LogP contribution < -0.4 is 4.74 Å². The molecule has 42 heavy (non-hydrogen) atoms. The van der Waals surface area contributed by atoms with Crippen LogP contribution in [-0.4, -0.2) is 28.7 Å². The Kier molecular flexibility index (Phi) is 5.56. The summed E-state index contributed by atoms with van der Waals surface area (Å²) in [6.45, 7) is 0. The topological polar surface area (TPSA) is 69.6 Å². The third-order valence-corrected chi connectivity index (χ3v) is 7.60. The molecule has 0 fully saturated rings. The molecule has 0 unspecified atom stereocenters. The van der Waals surface area contributed by atoms with E-state index in [0.717, 1.165) is 60.5 Å². The van der Waals surface area contributed by atoms with E-state index >= 15 is 0 Å². The van der Waals surface area contributed by atoms with Gasteiger partial charge in [-0.2, -0.15) is 0 Å². The normalized spacial score (nSPS) is 11.6. The molecule has 0 atom stereocenters. The fourth-order valence-electron chi connectivity index (χ4n) is 5.77. The maximum atomic E-state index is 6.33. The zero-order chi connectivity index (χ0) is 26.9. The van der Waals surface area contributed by atoms with Crippen molar-refractivity contribution in [2.24, 2.45) is 0 Å². The Hall–Kier alpha value is -5.13. The van der Waals surface area contributed by atoms with Gasteiger partial charge >= 0.3 is 21.1 Å². The van der Waals surface area contributed by atoms with Gasteiger partial charge < -0.3 is 13.5 Å². The summed E-state index contributed by atoms with van der Waals surface area (Å²) >= 11 is 0. The SMILES string of the molecule is [Pt+2].[c-]1c(Oc2[c-]c3c(cc2)c2nccnc2n2ccnc32)ccc2c1c1nccn1c1cc(-c3ccccc3)ccc21. The molecule has 0 aliphatic rings. The maximum Gasteiger partial charge on any atom is 2.00 e. The number of hydrogen-bond acceptors (Lipinski definition) is 5. The summed E-state index contributed by atoms with van der Waals surface area (Å²) in [5.74, 6) is 1.15. The molecule has 5 heterocycles. The van der Waals surface area contributed by atoms with E-state index in [0.29, 0.717) is 11.5 Å². The third-order valence-electron chi connectivity index (χ3n) is 7.60. The van der Waals surface area contributed by atoms with Crippen molar-refractivity contribution in [2.45, 2.75) is 0 Å². The zero-order valence-electron chi connectivity index (χ0n) is 21.8. The van der Waals surface area contributed by atoms with Crippen molar-refractivity contribution in [2.75, 3.05) is 0 Å². The number of aromatic nitrogens is 6. The Balaban J connectivity index is 0.00000267. The summed E-state index contributed by atoms with van der Waals surface area (Å²) in [5.41, 5.74) is 6.55. The Morgan fingerprint density at radius 2 is 1.19 bits per heavy atom. The Morgan fingerprint density at radius 3 is 2.00 bits per heavy atom. The first-order chi connectivity index (χ1) is 20.3. The summed E-state index contributed by atoms with van der Waals surface area (Å²) in [6.07, 6.45) is 10.8. The molecule has 0 spiro atoms. The van der Waals surface area contributed by atoms with Crippen LogP contribution in [0.1, 0.15) is 0 Å². The van der Waals surface area contributed by atoms with Crippen molar-refractivity contribution in [3.63, 3.8) is 0 Å². The molecule has 200 valence electrons. The van der Waals surface area contributed by atoms with Gasteiger partial charge in [0.05, 0.1) is 16.8 Å². The quantitative estimate of drug-likeness (QED) is 0.140. The van der Waals surface area contributed by atoms with Crippen molar-refractivity contribution >= 4 is 54.9 Å². The van der Waals surface area contributed by atoms with Gasteiger partial charge in [-0.1, -0.05) is 88.3 Å². The molecule has 0 saturated carbocycles. The van der Waals surface area contributed by atoms with Crippen LogP contribution in [0.15, 0.2) is 110 Å². The molecular formula is C34H18N6OPt.